The normalized spacial score (nSPS) is 19.0. The van der Waals surface area contributed by atoms with Crippen LogP contribution in [0.1, 0.15) is 24.7 Å². The van der Waals surface area contributed by atoms with E-state index in [1.807, 2.05) is 30.3 Å². The Morgan fingerprint density at radius 2 is 2.11 bits per heavy atom. The Kier molecular flexibility index (Phi) is 3.27. The molecule has 0 N–H and O–H groups in total. The van der Waals surface area contributed by atoms with Crippen molar-refractivity contribution in [2.45, 2.75) is 18.8 Å². The molecule has 0 fully saturated rings. The van der Waals surface area contributed by atoms with E-state index in [0.29, 0.717) is 11.7 Å². The lowest BCUT2D eigenvalue weighted by Gasteiger charge is -2.17. The molecule has 1 aliphatic heterocycles. The van der Waals surface area contributed by atoms with Crippen LogP contribution in [-0.2, 0) is 4.74 Å². The van der Waals surface area contributed by atoms with Gasteiger partial charge < -0.3 is 9.26 Å². The van der Waals surface area contributed by atoms with Crippen LogP contribution in [0.2, 0.25) is 0 Å². The predicted octanol–water partition coefficient (Wildman–Crippen LogP) is 2.66. The average molecular weight is 257 g/mol. The minimum Gasteiger partial charge on any atom is -0.484 e. The summed E-state index contributed by atoms with van der Waals surface area (Å²) in [6.45, 7) is 0.747. The average Bonchev–Trinajstić information content (AvgIpc) is 2.98. The highest BCUT2D eigenvalue weighted by Gasteiger charge is 2.24. The molecule has 0 spiro atoms. The summed E-state index contributed by atoms with van der Waals surface area (Å²) in [5.74, 6) is 2.27. The predicted molar refractivity (Wildman–Crippen MR) is 71.0 cm³/mol. The van der Waals surface area contributed by atoms with Gasteiger partial charge in [0.2, 0.25) is 11.7 Å². The molecule has 1 aromatic carbocycles. The van der Waals surface area contributed by atoms with Crippen molar-refractivity contribution in [3.63, 3.8) is 0 Å². The molecule has 0 radical (unpaired) electrons. The monoisotopic (exact) mass is 257 g/mol. The zero-order chi connectivity index (χ0) is 13.1. The Bertz CT molecular complexity index is 577. The van der Waals surface area contributed by atoms with Gasteiger partial charge in [0.1, 0.15) is 0 Å². The molecule has 0 bridgehead atoms. The summed E-state index contributed by atoms with van der Waals surface area (Å²) in [7, 11) is 1.64. The quantitative estimate of drug-likeness (QED) is 0.829. The fourth-order valence-corrected chi connectivity index (χ4v) is 2.19. The van der Waals surface area contributed by atoms with E-state index in [1.54, 1.807) is 7.11 Å². The van der Waals surface area contributed by atoms with Crippen LogP contribution < -0.4 is 0 Å². The Hall–Kier alpha value is -2.17. The van der Waals surface area contributed by atoms with Crippen molar-refractivity contribution in [2.75, 3.05) is 13.7 Å². The number of rotatable bonds is 2. The third kappa shape index (κ3) is 2.50. The highest BCUT2D eigenvalue weighted by Crippen LogP contribution is 2.27. The van der Waals surface area contributed by atoms with Crippen molar-refractivity contribution in [1.82, 2.24) is 10.1 Å². The topological polar surface area (TPSA) is 60.5 Å². The van der Waals surface area contributed by atoms with Gasteiger partial charge in [-0.25, -0.2) is 0 Å². The maximum absolute atomic E-state index is 5.38. The summed E-state index contributed by atoms with van der Waals surface area (Å²) in [6.07, 6.45) is 1.65. The van der Waals surface area contributed by atoms with E-state index in [2.05, 4.69) is 15.1 Å². The number of ether oxygens (including phenoxy) is 1. The third-order valence-corrected chi connectivity index (χ3v) is 3.25. The van der Waals surface area contributed by atoms with E-state index < -0.39 is 0 Å². The van der Waals surface area contributed by atoms with Crippen LogP contribution in [0.5, 0.6) is 0 Å². The molecule has 98 valence electrons. The van der Waals surface area contributed by atoms with E-state index in [9.17, 15) is 0 Å². The standard InChI is InChI=1S/C14H15N3O2/c1-18-12-9-11(7-8-15-12)14-16-13(17-19-14)10-5-3-2-4-6-10/h2-6,11H,7-9H2,1H3. The van der Waals surface area contributed by atoms with Crippen molar-refractivity contribution >= 4 is 5.90 Å². The molecule has 2 heterocycles. The van der Waals surface area contributed by atoms with Gasteiger partial charge in [-0.05, 0) is 6.42 Å². The molecule has 0 aliphatic carbocycles. The molecule has 5 heteroatoms. The number of benzene rings is 1. The largest absolute Gasteiger partial charge is 0.484 e. The van der Waals surface area contributed by atoms with Crippen LogP contribution >= 0.6 is 0 Å². The molecule has 5 nitrogen and oxygen atoms in total. The maximum Gasteiger partial charge on any atom is 0.230 e. The first-order valence-electron chi connectivity index (χ1n) is 6.33. The van der Waals surface area contributed by atoms with Crippen LogP contribution in [0.25, 0.3) is 11.4 Å². The number of hydrogen-bond acceptors (Lipinski definition) is 5. The Labute approximate surface area is 111 Å². The number of aromatic nitrogens is 2. The summed E-state index contributed by atoms with van der Waals surface area (Å²) in [5.41, 5.74) is 0.967. The van der Waals surface area contributed by atoms with Crippen LogP contribution in [0, 0.1) is 0 Å². The molecule has 1 unspecified atom stereocenters. The van der Waals surface area contributed by atoms with Gasteiger partial charge in [0.15, 0.2) is 5.90 Å². The summed E-state index contributed by atoms with van der Waals surface area (Å²) >= 11 is 0. The first kappa shape index (κ1) is 11.9. The van der Waals surface area contributed by atoms with Gasteiger partial charge in [-0.3, -0.25) is 4.99 Å². The first-order chi connectivity index (χ1) is 9.36. The van der Waals surface area contributed by atoms with Crippen molar-refractivity contribution in [3.8, 4) is 11.4 Å². The van der Waals surface area contributed by atoms with E-state index in [4.69, 9.17) is 9.26 Å². The smallest absolute Gasteiger partial charge is 0.230 e. The number of aliphatic imine (C=N–C) groups is 1. The van der Waals surface area contributed by atoms with E-state index in [-0.39, 0.29) is 5.92 Å². The van der Waals surface area contributed by atoms with Gasteiger partial charge in [0, 0.05) is 24.4 Å². The molecule has 19 heavy (non-hydrogen) atoms. The molecule has 2 aromatic rings. The minimum absolute atomic E-state index is 0.206. The highest BCUT2D eigenvalue weighted by molar-refractivity contribution is 5.77. The van der Waals surface area contributed by atoms with E-state index >= 15 is 0 Å². The summed E-state index contributed by atoms with van der Waals surface area (Å²) in [6, 6.07) is 9.82. The van der Waals surface area contributed by atoms with Gasteiger partial charge in [0.05, 0.1) is 7.11 Å². The lowest BCUT2D eigenvalue weighted by Crippen LogP contribution is -2.16. The fourth-order valence-electron chi connectivity index (χ4n) is 2.19. The Balaban J connectivity index is 1.81. The molecule has 0 saturated heterocycles. The number of nitrogens with zero attached hydrogens (tertiary/aromatic N) is 3. The van der Waals surface area contributed by atoms with Crippen LogP contribution in [0.4, 0.5) is 0 Å². The van der Waals surface area contributed by atoms with E-state index in [1.165, 1.54) is 0 Å². The van der Waals surface area contributed by atoms with Gasteiger partial charge in [-0.15, -0.1) is 0 Å². The Morgan fingerprint density at radius 1 is 1.26 bits per heavy atom. The Morgan fingerprint density at radius 3 is 2.89 bits per heavy atom. The SMILES string of the molecule is COC1=NCCC(c2nc(-c3ccccc3)no2)C1. The van der Waals surface area contributed by atoms with Crippen LogP contribution in [-0.4, -0.2) is 29.7 Å². The lowest BCUT2D eigenvalue weighted by molar-refractivity contribution is 0.324. The number of methoxy groups -OCH3 is 1. The molecule has 3 rings (SSSR count). The zero-order valence-electron chi connectivity index (χ0n) is 10.7. The van der Waals surface area contributed by atoms with Crippen LogP contribution in [0.15, 0.2) is 39.8 Å². The fraction of sp³-hybridized carbons (Fsp3) is 0.357. The third-order valence-electron chi connectivity index (χ3n) is 3.25. The van der Waals surface area contributed by atoms with Crippen molar-refractivity contribution in [2.24, 2.45) is 4.99 Å². The van der Waals surface area contributed by atoms with Crippen molar-refractivity contribution in [3.05, 3.63) is 36.2 Å². The molecule has 1 aromatic heterocycles. The minimum atomic E-state index is 0.206. The maximum atomic E-state index is 5.38. The van der Waals surface area contributed by atoms with Crippen molar-refractivity contribution < 1.29 is 9.26 Å². The molecular weight excluding hydrogens is 242 g/mol. The molecule has 0 amide bonds. The van der Waals surface area contributed by atoms with Crippen LogP contribution in [0.3, 0.4) is 0 Å². The second-order valence-corrected chi connectivity index (χ2v) is 4.49. The summed E-state index contributed by atoms with van der Waals surface area (Å²) < 4.78 is 10.6. The molecule has 0 saturated carbocycles. The molecule has 1 aliphatic rings. The second-order valence-electron chi connectivity index (χ2n) is 4.49. The summed E-state index contributed by atoms with van der Waals surface area (Å²) in [4.78, 5) is 8.78. The summed E-state index contributed by atoms with van der Waals surface area (Å²) in [5, 5.41) is 4.05. The number of hydrogen-bond donors (Lipinski definition) is 0. The van der Waals surface area contributed by atoms with Gasteiger partial charge in [-0.1, -0.05) is 35.5 Å². The van der Waals surface area contributed by atoms with Gasteiger partial charge in [-0.2, -0.15) is 4.98 Å². The second kappa shape index (κ2) is 5.22. The van der Waals surface area contributed by atoms with E-state index in [0.717, 1.165) is 30.8 Å². The molecular formula is C14H15N3O2. The lowest BCUT2D eigenvalue weighted by atomic mass is 9.99. The first-order valence-corrected chi connectivity index (χ1v) is 6.33. The zero-order valence-corrected chi connectivity index (χ0v) is 10.7. The van der Waals surface area contributed by atoms with Crippen molar-refractivity contribution in [1.29, 1.82) is 0 Å². The molecule has 1 atom stereocenters. The van der Waals surface area contributed by atoms with Gasteiger partial charge in [0.25, 0.3) is 0 Å². The highest BCUT2D eigenvalue weighted by atomic mass is 16.5. The van der Waals surface area contributed by atoms with Gasteiger partial charge >= 0.3 is 0 Å².